The van der Waals surface area contributed by atoms with Gasteiger partial charge in [0.15, 0.2) is 11.5 Å². The molecule has 2 rings (SSSR count). The van der Waals surface area contributed by atoms with Gasteiger partial charge in [-0.15, -0.1) is 0 Å². The minimum Gasteiger partial charge on any atom is -0.493 e. The fourth-order valence-corrected chi connectivity index (χ4v) is 3.03. The topological polar surface area (TPSA) is 51.8 Å². The van der Waals surface area contributed by atoms with Crippen molar-refractivity contribution in [2.75, 3.05) is 34.4 Å². The second-order valence-corrected chi connectivity index (χ2v) is 6.42. The van der Waals surface area contributed by atoms with E-state index in [0.29, 0.717) is 23.3 Å². The largest absolute Gasteiger partial charge is 0.493 e. The maximum Gasteiger partial charge on any atom is 0.203 e. The Labute approximate surface area is 133 Å². The summed E-state index contributed by atoms with van der Waals surface area (Å²) < 4.78 is 16.2. The zero-order valence-electron chi connectivity index (χ0n) is 14.3. The first-order chi connectivity index (χ1) is 10.5. The Bertz CT molecular complexity index is 478. The van der Waals surface area contributed by atoms with Crippen LogP contribution >= 0.6 is 0 Å². The number of methoxy groups -OCH3 is 3. The van der Waals surface area contributed by atoms with Gasteiger partial charge in [0.25, 0.3) is 0 Å². The molecule has 0 aliphatic carbocycles. The molecule has 5 nitrogen and oxygen atoms in total. The lowest BCUT2D eigenvalue weighted by atomic mass is 9.80. The van der Waals surface area contributed by atoms with Crippen molar-refractivity contribution in [3.63, 3.8) is 0 Å². The van der Waals surface area contributed by atoms with Crippen LogP contribution < -0.4 is 24.8 Å². The molecule has 0 amide bonds. The minimum atomic E-state index is 0.249. The fraction of sp³-hybridized carbons (Fsp3) is 0.647. The van der Waals surface area contributed by atoms with Crippen LogP contribution in [-0.4, -0.2) is 40.5 Å². The predicted molar refractivity (Wildman–Crippen MR) is 88.0 cm³/mol. The Hall–Kier alpha value is -1.46. The fourth-order valence-electron chi connectivity index (χ4n) is 3.03. The van der Waals surface area contributed by atoms with Crippen molar-refractivity contribution >= 4 is 0 Å². The van der Waals surface area contributed by atoms with Crippen molar-refractivity contribution in [1.82, 2.24) is 10.6 Å². The van der Waals surface area contributed by atoms with Crippen LogP contribution in [0.4, 0.5) is 0 Å². The Morgan fingerprint density at radius 1 is 1.14 bits per heavy atom. The van der Waals surface area contributed by atoms with Crippen LogP contribution in [0.15, 0.2) is 12.1 Å². The summed E-state index contributed by atoms with van der Waals surface area (Å²) in [4.78, 5) is 0. The second kappa shape index (κ2) is 7.20. The lowest BCUT2D eigenvalue weighted by molar-refractivity contribution is 0.184. The number of piperidine rings is 1. The summed E-state index contributed by atoms with van der Waals surface area (Å²) in [5.74, 6) is 2.03. The molecule has 124 valence electrons. The van der Waals surface area contributed by atoms with Gasteiger partial charge in [0.1, 0.15) is 0 Å². The van der Waals surface area contributed by atoms with Gasteiger partial charge in [-0.3, -0.25) is 0 Å². The molecule has 1 unspecified atom stereocenters. The molecule has 22 heavy (non-hydrogen) atoms. The molecule has 0 aromatic heterocycles. The summed E-state index contributed by atoms with van der Waals surface area (Å²) >= 11 is 0. The van der Waals surface area contributed by atoms with Gasteiger partial charge < -0.3 is 24.8 Å². The zero-order valence-corrected chi connectivity index (χ0v) is 14.3. The molecule has 0 saturated carbocycles. The third-order valence-electron chi connectivity index (χ3n) is 4.41. The highest BCUT2D eigenvalue weighted by Gasteiger charge is 2.31. The van der Waals surface area contributed by atoms with Crippen LogP contribution in [-0.2, 0) is 6.54 Å². The monoisotopic (exact) mass is 308 g/mol. The van der Waals surface area contributed by atoms with E-state index in [4.69, 9.17) is 14.2 Å². The number of hydrogen-bond acceptors (Lipinski definition) is 5. The molecule has 0 radical (unpaired) electrons. The molecule has 1 aliphatic heterocycles. The third kappa shape index (κ3) is 3.65. The quantitative estimate of drug-likeness (QED) is 0.844. The molecule has 1 aliphatic rings. The molecule has 1 heterocycles. The van der Waals surface area contributed by atoms with E-state index in [9.17, 15) is 0 Å². The lowest BCUT2D eigenvalue weighted by Crippen LogP contribution is -2.52. The second-order valence-electron chi connectivity index (χ2n) is 6.42. The van der Waals surface area contributed by atoms with Gasteiger partial charge in [-0.25, -0.2) is 0 Å². The molecule has 1 aromatic rings. The molecule has 1 fully saturated rings. The highest BCUT2D eigenvalue weighted by molar-refractivity contribution is 5.53. The molecule has 5 heteroatoms. The van der Waals surface area contributed by atoms with E-state index in [1.54, 1.807) is 21.3 Å². The Morgan fingerprint density at radius 2 is 1.77 bits per heavy atom. The standard InChI is InChI=1S/C17H28N2O3/c1-17(2)11-18-7-6-15(17)19-10-12-8-13(20-3)16(22-5)14(9-12)21-4/h8-9,15,18-19H,6-7,10-11H2,1-5H3. The van der Waals surface area contributed by atoms with E-state index in [1.807, 2.05) is 12.1 Å². The average Bonchev–Trinajstić information content (AvgIpc) is 2.52. The van der Waals surface area contributed by atoms with E-state index in [-0.39, 0.29) is 5.41 Å². The number of nitrogens with one attached hydrogen (secondary N) is 2. The van der Waals surface area contributed by atoms with Crippen LogP contribution in [0.2, 0.25) is 0 Å². The van der Waals surface area contributed by atoms with E-state index in [1.165, 1.54) is 0 Å². The Kier molecular flexibility index (Phi) is 5.53. The SMILES string of the molecule is COc1cc(CNC2CCNCC2(C)C)cc(OC)c1OC. The summed E-state index contributed by atoms with van der Waals surface area (Å²) in [6, 6.07) is 4.50. The number of rotatable bonds is 6. The first-order valence-corrected chi connectivity index (χ1v) is 7.75. The van der Waals surface area contributed by atoms with Gasteiger partial charge in [0.05, 0.1) is 21.3 Å². The van der Waals surface area contributed by atoms with Crippen LogP contribution in [0.5, 0.6) is 17.2 Å². The maximum absolute atomic E-state index is 5.41. The first-order valence-electron chi connectivity index (χ1n) is 7.75. The van der Waals surface area contributed by atoms with Crippen LogP contribution in [0.3, 0.4) is 0 Å². The summed E-state index contributed by atoms with van der Waals surface area (Å²) in [6.07, 6.45) is 1.14. The molecule has 2 N–H and O–H groups in total. The van der Waals surface area contributed by atoms with Crippen molar-refractivity contribution in [1.29, 1.82) is 0 Å². The highest BCUT2D eigenvalue weighted by atomic mass is 16.5. The van der Waals surface area contributed by atoms with E-state index in [2.05, 4.69) is 24.5 Å². The first kappa shape index (κ1) is 16.9. The molecule has 1 atom stereocenters. The minimum absolute atomic E-state index is 0.249. The van der Waals surface area contributed by atoms with Crippen LogP contribution in [0.25, 0.3) is 0 Å². The van der Waals surface area contributed by atoms with Crippen molar-refractivity contribution < 1.29 is 14.2 Å². The normalized spacial score (nSPS) is 20.5. The molecular formula is C17H28N2O3. The summed E-state index contributed by atoms with van der Waals surface area (Å²) in [6.45, 7) is 7.49. The predicted octanol–water partition coefficient (Wildman–Crippen LogP) is 2.19. The lowest BCUT2D eigenvalue weighted by Gasteiger charge is -2.39. The van der Waals surface area contributed by atoms with Gasteiger partial charge >= 0.3 is 0 Å². The number of hydrogen-bond donors (Lipinski definition) is 2. The van der Waals surface area contributed by atoms with E-state index < -0.39 is 0 Å². The van der Waals surface area contributed by atoms with Crippen LogP contribution in [0.1, 0.15) is 25.8 Å². The van der Waals surface area contributed by atoms with Gasteiger partial charge in [0.2, 0.25) is 5.75 Å². The highest BCUT2D eigenvalue weighted by Crippen LogP contribution is 2.38. The number of benzene rings is 1. The smallest absolute Gasteiger partial charge is 0.203 e. The van der Waals surface area contributed by atoms with Crippen molar-refractivity contribution in [3.05, 3.63) is 17.7 Å². The van der Waals surface area contributed by atoms with Crippen LogP contribution in [0, 0.1) is 5.41 Å². The van der Waals surface area contributed by atoms with Crippen molar-refractivity contribution in [2.24, 2.45) is 5.41 Å². The zero-order chi connectivity index (χ0) is 16.2. The van der Waals surface area contributed by atoms with E-state index >= 15 is 0 Å². The molecular weight excluding hydrogens is 280 g/mol. The summed E-state index contributed by atoms with van der Waals surface area (Å²) in [7, 11) is 4.91. The molecule has 1 aromatic carbocycles. The third-order valence-corrected chi connectivity index (χ3v) is 4.41. The summed E-state index contributed by atoms with van der Waals surface area (Å²) in [5.41, 5.74) is 1.38. The Balaban J connectivity index is 2.12. The van der Waals surface area contributed by atoms with Crippen molar-refractivity contribution in [3.8, 4) is 17.2 Å². The number of ether oxygens (including phenoxy) is 3. The average molecular weight is 308 g/mol. The van der Waals surface area contributed by atoms with Gasteiger partial charge in [-0.05, 0) is 36.1 Å². The van der Waals surface area contributed by atoms with Gasteiger partial charge in [-0.2, -0.15) is 0 Å². The molecule has 0 bridgehead atoms. The van der Waals surface area contributed by atoms with E-state index in [0.717, 1.165) is 31.6 Å². The Morgan fingerprint density at radius 3 is 2.27 bits per heavy atom. The maximum atomic E-state index is 5.41. The van der Waals surface area contributed by atoms with Crippen molar-refractivity contribution in [2.45, 2.75) is 32.9 Å². The van der Waals surface area contributed by atoms with Gasteiger partial charge in [-0.1, -0.05) is 13.8 Å². The molecule has 0 spiro atoms. The molecule has 1 saturated heterocycles. The van der Waals surface area contributed by atoms with Gasteiger partial charge in [0, 0.05) is 19.1 Å². The summed E-state index contributed by atoms with van der Waals surface area (Å²) in [5, 5.41) is 7.13.